The number of para-hydroxylation sites is 2. The van der Waals surface area contributed by atoms with Gasteiger partial charge in [0.1, 0.15) is 11.4 Å². The normalized spacial score (nSPS) is 14.7. The van der Waals surface area contributed by atoms with Gasteiger partial charge in [-0.2, -0.15) is 0 Å². The van der Waals surface area contributed by atoms with Crippen LogP contribution in [-0.2, 0) is 19.1 Å². The first-order valence-corrected chi connectivity index (χ1v) is 8.34. The van der Waals surface area contributed by atoms with Crippen molar-refractivity contribution < 1.29 is 23.8 Å². The van der Waals surface area contributed by atoms with E-state index in [1.165, 1.54) is 20.3 Å². The molecule has 0 saturated heterocycles. The summed E-state index contributed by atoms with van der Waals surface area (Å²) in [4.78, 5) is 26.3. The number of carbonyl (C=O) groups is 2. The molecule has 1 aromatic carbocycles. The van der Waals surface area contributed by atoms with Crippen molar-refractivity contribution in [2.75, 3.05) is 19.1 Å². The molecular weight excluding hydrogens is 334 g/mol. The lowest BCUT2D eigenvalue weighted by atomic mass is 10.1. The number of anilines is 1. The Kier molecular flexibility index (Phi) is 6.60. The molecule has 0 N–H and O–H groups in total. The number of benzene rings is 1. The molecule has 0 fully saturated rings. The molecule has 26 heavy (non-hydrogen) atoms. The van der Waals surface area contributed by atoms with Gasteiger partial charge in [0.05, 0.1) is 31.6 Å². The van der Waals surface area contributed by atoms with Crippen molar-refractivity contribution in [3.05, 3.63) is 60.0 Å². The van der Waals surface area contributed by atoms with Gasteiger partial charge in [0, 0.05) is 6.20 Å². The molecule has 6 heteroatoms. The van der Waals surface area contributed by atoms with Gasteiger partial charge in [-0.15, -0.1) is 0 Å². The molecule has 1 unspecified atom stereocenters. The number of hydrogen-bond donors (Lipinski definition) is 0. The maximum atomic E-state index is 12.5. The Morgan fingerprint density at radius 2 is 1.77 bits per heavy atom. The molecular formula is C20H23NO5. The summed E-state index contributed by atoms with van der Waals surface area (Å²) in [5.41, 5.74) is 0.779. The summed E-state index contributed by atoms with van der Waals surface area (Å²) in [7, 11) is 2.53. The topological polar surface area (TPSA) is 65.1 Å². The van der Waals surface area contributed by atoms with Crippen LogP contribution in [0.4, 0.5) is 5.69 Å². The molecule has 1 heterocycles. The standard InChI is InChI=1S/C20H23NO5/c1-5-14(2)26-17-12-7-6-11-16(17)21-13-9-8-10-15(19(22)24-3)18(21)20(23)25-4/h6-14H,5H2,1-4H3. The molecule has 1 aromatic rings. The zero-order valence-corrected chi connectivity index (χ0v) is 15.4. The second-order valence-electron chi connectivity index (χ2n) is 5.62. The van der Waals surface area contributed by atoms with Gasteiger partial charge in [-0.1, -0.05) is 25.1 Å². The van der Waals surface area contributed by atoms with E-state index in [0.717, 1.165) is 6.42 Å². The van der Waals surface area contributed by atoms with Gasteiger partial charge >= 0.3 is 11.9 Å². The van der Waals surface area contributed by atoms with Crippen molar-refractivity contribution in [3.63, 3.8) is 0 Å². The first-order valence-electron chi connectivity index (χ1n) is 8.34. The lowest BCUT2D eigenvalue weighted by Crippen LogP contribution is -2.27. The Bertz CT molecular complexity index is 763. The van der Waals surface area contributed by atoms with E-state index in [9.17, 15) is 9.59 Å². The fraction of sp³-hybridized carbons (Fsp3) is 0.300. The molecule has 0 amide bonds. The summed E-state index contributed by atoms with van der Waals surface area (Å²) in [6, 6.07) is 7.31. The van der Waals surface area contributed by atoms with Gasteiger partial charge < -0.3 is 19.1 Å². The average molecular weight is 357 g/mol. The monoisotopic (exact) mass is 357 g/mol. The highest BCUT2D eigenvalue weighted by molar-refractivity contribution is 6.05. The molecule has 1 aliphatic heterocycles. The van der Waals surface area contributed by atoms with Crippen LogP contribution >= 0.6 is 0 Å². The highest BCUT2D eigenvalue weighted by Gasteiger charge is 2.29. The highest BCUT2D eigenvalue weighted by Crippen LogP contribution is 2.34. The quantitative estimate of drug-likeness (QED) is 0.728. The molecule has 2 rings (SSSR count). The minimum atomic E-state index is -0.653. The largest absolute Gasteiger partial charge is 0.489 e. The van der Waals surface area contributed by atoms with Crippen LogP contribution < -0.4 is 9.64 Å². The molecule has 138 valence electrons. The lowest BCUT2D eigenvalue weighted by Gasteiger charge is -2.26. The number of esters is 2. The number of rotatable bonds is 6. The average Bonchev–Trinajstić information content (AvgIpc) is 2.89. The van der Waals surface area contributed by atoms with Crippen molar-refractivity contribution in [1.29, 1.82) is 0 Å². The number of allylic oxidation sites excluding steroid dienone is 2. The Balaban J connectivity index is 2.63. The number of methoxy groups -OCH3 is 2. The lowest BCUT2D eigenvalue weighted by molar-refractivity contribution is -0.139. The third-order valence-corrected chi connectivity index (χ3v) is 3.92. The molecule has 0 aromatic heterocycles. The third kappa shape index (κ3) is 4.14. The summed E-state index contributed by atoms with van der Waals surface area (Å²) in [5.74, 6) is -0.686. The van der Waals surface area contributed by atoms with E-state index in [0.29, 0.717) is 11.4 Å². The van der Waals surface area contributed by atoms with E-state index in [-0.39, 0.29) is 17.4 Å². The number of ether oxygens (including phenoxy) is 3. The number of hydrogen-bond acceptors (Lipinski definition) is 6. The van der Waals surface area contributed by atoms with Crippen molar-refractivity contribution in [3.8, 4) is 5.75 Å². The Labute approximate surface area is 153 Å². The van der Waals surface area contributed by atoms with E-state index >= 15 is 0 Å². The predicted molar refractivity (Wildman–Crippen MR) is 98.6 cm³/mol. The van der Waals surface area contributed by atoms with E-state index in [1.807, 2.05) is 38.1 Å². The SMILES string of the molecule is CCC(C)Oc1ccccc1N1C=CC=CC(C(=O)OC)=C1C(=O)OC. The van der Waals surface area contributed by atoms with Gasteiger partial charge in [0.2, 0.25) is 0 Å². The Morgan fingerprint density at radius 3 is 2.42 bits per heavy atom. The van der Waals surface area contributed by atoms with Crippen LogP contribution in [-0.4, -0.2) is 32.3 Å². The fourth-order valence-electron chi connectivity index (χ4n) is 2.41. The fourth-order valence-corrected chi connectivity index (χ4v) is 2.41. The van der Waals surface area contributed by atoms with Crippen molar-refractivity contribution >= 4 is 17.6 Å². The maximum absolute atomic E-state index is 12.5. The summed E-state index contributed by atoms with van der Waals surface area (Å²) in [6.45, 7) is 3.99. The molecule has 1 aliphatic rings. The second-order valence-corrected chi connectivity index (χ2v) is 5.62. The second kappa shape index (κ2) is 8.89. The summed E-state index contributed by atoms with van der Waals surface area (Å²) in [6.07, 6.45) is 7.41. The van der Waals surface area contributed by atoms with Gasteiger partial charge in [-0.05, 0) is 37.6 Å². The van der Waals surface area contributed by atoms with E-state index in [1.54, 1.807) is 23.3 Å². The molecule has 0 radical (unpaired) electrons. The zero-order chi connectivity index (χ0) is 19.1. The van der Waals surface area contributed by atoms with Gasteiger partial charge in [0.15, 0.2) is 0 Å². The number of carbonyl (C=O) groups excluding carboxylic acids is 2. The zero-order valence-electron chi connectivity index (χ0n) is 15.4. The van der Waals surface area contributed by atoms with E-state index in [4.69, 9.17) is 14.2 Å². The third-order valence-electron chi connectivity index (χ3n) is 3.92. The molecule has 0 bridgehead atoms. The van der Waals surface area contributed by atoms with E-state index in [2.05, 4.69) is 0 Å². The minimum Gasteiger partial charge on any atom is -0.489 e. The smallest absolute Gasteiger partial charge is 0.355 e. The van der Waals surface area contributed by atoms with Gasteiger partial charge in [0.25, 0.3) is 0 Å². The maximum Gasteiger partial charge on any atom is 0.355 e. The van der Waals surface area contributed by atoms with Crippen LogP contribution in [0.25, 0.3) is 0 Å². The Hall–Kier alpha value is -3.02. The van der Waals surface area contributed by atoms with Crippen LogP contribution in [0.15, 0.2) is 60.0 Å². The van der Waals surface area contributed by atoms with Crippen molar-refractivity contribution in [2.24, 2.45) is 0 Å². The first kappa shape index (κ1) is 19.3. The highest BCUT2D eigenvalue weighted by atomic mass is 16.5. The molecule has 1 atom stereocenters. The number of nitrogens with zero attached hydrogens (tertiary/aromatic N) is 1. The van der Waals surface area contributed by atoms with Crippen LogP contribution in [0, 0.1) is 0 Å². The van der Waals surface area contributed by atoms with Gasteiger partial charge in [-0.3, -0.25) is 0 Å². The first-order chi connectivity index (χ1) is 12.5. The van der Waals surface area contributed by atoms with Crippen LogP contribution in [0.3, 0.4) is 0 Å². The van der Waals surface area contributed by atoms with Crippen molar-refractivity contribution in [2.45, 2.75) is 26.4 Å². The van der Waals surface area contributed by atoms with Crippen LogP contribution in [0.1, 0.15) is 20.3 Å². The molecule has 6 nitrogen and oxygen atoms in total. The van der Waals surface area contributed by atoms with Gasteiger partial charge in [-0.25, -0.2) is 9.59 Å². The molecule has 0 aliphatic carbocycles. The summed E-state index contributed by atoms with van der Waals surface area (Å²) >= 11 is 0. The van der Waals surface area contributed by atoms with Crippen LogP contribution in [0.2, 0.25) is 0 Å². The summed E-state index contributed by atoms with van der Waals surface area (Å²) < 4.78 is 15.7. The minimum absolute atomic E-state index is 0.00383. The Morgan fingerprint density at radius 1 is 1.08 bits per heavy atom. The molecule has 0 spiro atoms. The predicted octanol–water partition coefficient (Wildman–Crippen LogP) is 3.35. The van der Waals surface area contributed by atoms with E-state index < -0.39 is 11.9 Å². The molecule has 0 saturated carbocycles. The van der Waals surface area contributed by atoms with Crippen LogP contribution in [0.5, 0.6) is 5.75 Å². The van der Waals surface area contributed by atoms with Crippen molar-refractivity contribution in [1.82, 2.24) is 0 Å². The summed E-state index contributed by atoms with van der Waals surface area (Å²) in [5, 5.41) is 0.